The summed E-state index contributed by atoms with van der Waals surface area (Å²) in [6.45, 7) is 0.294. The number of carbonyl (C=O) groups is 1. The number of para-hydroxylation sites is 1. The first kappa shape index (κ1) is 16.0. The van der Waals surface area contributed by atoms with E-state index in [-0.39, 0.29) is 23.4 Å². The van der Waals surface area contributed by atoms with E-state index in [1.807, 2.05) is 0 Å². The van der Waals surface area contributed by atoms with Crippen molar-refractivity contribution in [1.82, 2.24) is 5.32 Å². The van der Waals surface area contributed by atoms with Gasteiger partial charge in [0, 0.05) is 6.54 Å². The predicted molar refractivity (Wildman–Crippen MR) is 86.0 cm³/mol. The Morgan fingerprint density at radius 2 is 1.86 bits per heavy atom. The molecule has 0 bridgehead atoms. The van der Waals surface area contributed by atoms with Crippen LogP contribution in [0.15, 0.2) is 53.5 Å². The molecule has 0 aliphatic heterocycles. The van der Waals surface area contributed by atoms with Crippen LogP contribution in [0.1, 0.15) is 15.9 Å². The normalized spacial score (nSPS) is 11.3. The van der Waals surface area contributed by atoms with Crippen LogP contribution in [0.5, 0.6) is 0 Å². The number of amidine groups is 1. The van der Waals surface area contributed by atoms with Gasteiger partial charge in [0.2, 0.25) is 0 Å². The summed E-state index contributed by atoms with van der Waals surface area (Å²) in [6.07, 6.45) is 0. The van der Waals surface area contributed by atoms with E-state index in [0.29, 0.717) is 17.8 Å². The van der Waals surface area contributed by atoms with Crippen LogP contribution < -0.4 is 11.1 Å². The van der Waals surface area contributed by atoms with E-state index in [2.05, 4.69) is 10.3 Å². The fourth-order valence-electron chi connectivity index (χ4n) is 1.83. The highest BCUT2D eigenvalue weighted by molar-refractivity contribution is 6.28. The minimum atomic E-state index is -0.314. The van der Waals surface area contributed by atoms with Crippen molar-refractivity contribution in [2.45, 2.75) is 6.54 Å². The maximum absolute atomic E-state index is 12.8. The lowest BCUT2D eigenvalue weighted by molar-refractivity contribution is 0.0951. The maximum atomic E-state index is 12.8. The first-order valence-corrected chi connectivity index (χ1v) is 7.14. The maximum Gasteiger partial charge on any atom is 0.253 e. The molecule has 22 heavy (non-hydrogen) atoms. The zero-order chi connectivity index (χ0) is 15.9. The molecule has 0 aliphatic rings. The number of rotatable bonds is 5. The number of benzene rings is 2. The van der Waals surface area contributed by atoms with Gasteiger partial charge in [0.15, 0.2) is 0 Å². The van der Waals surface area contributed by atoms with Gasteiger partial charge in [0.1, 0.15) is 11.7 Å². The molecule has 0 aliphatic carbocycles. The molecule has 0 saturated heterocycles. The Hall–Kier alpha value is -2.40. The van der Waals surface area contributed by atoms with Gasteiger partial charge in [-0.2, -0.15) is 0 Å². The van der Waals surface area contributed by atoms with Crippen LogP contribution in [0.4, 0.5) is 10.1 Å². The van der Waals surface area contributed by atoms with Gasteiger partial charge in [-0.05, 0) is 29.8 Å². The summed E-state index contributed by atoms with van der Waals surface area (Å²) in [5.74, 6) is -0.274. The van der Waals surface area contributed by atoms with Crippen LogP contribution in [-0.2, 0) is 6.54 Å². The van der Waals surface area contributed by atoms with E-state index in [0.717, 1.165) is 5.56 Å². The molecule has 0 heterocycles. The third-order valence-electron chi connectivity index (χ3n) is 2.92. The summed E-state index contributed by atoms with van der Waals surface area (Å²) in [4.78, 5) is 16.4. The summed E-state index contributed by atoms with van der Waals surface area (Å²) in [5, 5.41) is 2.76. The van der Waals surface area contributed by atoms with Gasteiger partial charge in [0.05, 0.1) is 17.1 Å². The first-order chi connectivity index (χ1) is 10.6. The van der Waals surface area contributed by atoms with E-state index < -0.39 is 0 Å². The number of hydrogen-bond donors (Lipinski definition) is 2. The summed E-state index contributed by atoms with van der Waals surface area (Å²) in [6, 6.07) is 12.8. The van der Waals surface area contributed by atoms with E-state index >= 15 is 0 Å². The highest BCUT2D eigenvalue weighted by atomic mass is 35.5. The largest absolute Gasteiger partial charge is 0.386 e. The number of amides is 1. The average Bonchev–Trinajstić information content (AvgIpc) is 2.54. The van der Waals surface area contributed by atoms with Gasteiger partial charge in [-0.25, -0.2) is 9.38 Å². The fraction of sp³-hybridized carbons (Fsp3) is 0.125. The lowest BCUT2D eigenvalue weighted by Gasteiger charge is -2.08. The van der Waals surface area contributed by atoms with Crippen molar-refractivity contribution in [3.8, 4) is 0 Å². The highest BCUT2D eigenvalue weighted by Gasteiger charge is 2.10. The van der Waals surface area contributed by atoms with Crippen molar-refractivity contribution < 1.29 is 9.18 Å². The number of nitrogens with two attached hydrogens (primary N) is 1. The Morgan fingerprint density at radius 3 is 2.55 bits per heavy atom. The summed E-state index contributed by atoms with van der Waals surface area (Å²) in [5.41, 5.74) is 7.26. The molecule has 0 atom stereocenters. The molecule has 0 aromatic heterocycles. The molecule has 114 valence electrons. The van der Waals surface area contributed by atoms with Gasteiger partial charge < -0.3 is 11.1 Å². The van der Waals surface area contributed by atoms with Crippen LogP contribution in [0.3, 0.4) is 0 Å². The van der Waals surface area contributed by atoms with Crippen LogP contribution in [-0.4, -0.2) is 17.6 Å². The second-order valence-corrected chi connectivity index (χ2v) is 4.83. The van der Waals surface area contributed by atoms with Crippen LogP contribution in [0.2, 0.25) is 0 Å². The molecule has 0 spiro atoms. The fourth-order valence-corrected chi connectivity index (χ4v) is 1.89. The van der Waals surface area contributed by atoms with Gasteiger partial charge in [0.25, 0.3) is 5.91 Å². The van der Waals surface area contributed by atoms with E-state index in [1.165, 1.54) is 12.1 Å². The van der Waals surface area contributed by atoms with Gasteiger partial charge >= 0.3 is 0 Å². The van der Waals surface area contributed by atoms with Crippen LogP contribution >= 0.6 is 11.6 Å². The smallest absolute Gasteiger partial charge is 0.253 e. The Kier molecular flexibility index (Phi) is 5.49. The lowest BCUT2D eigenvalue weighted by atomic mass is 10.1. The minimum Gasteiger partial charge on any atom is -0.386 e. The van der Waals surface area contributed by atoms with Crippen molar-refractivity contribution in [3.63, 3.8) is 0 Å². The number of nitrogens with zero attached hydrogens (tertiary/aromatic N) is 1. The Labute approximate surface area is 132 Å². The molecule has 4 nitrogen and oxygen atoms in total. The second-order valence-electron chi connectivity index (χ2n) is 4.56. The third kappa shape index (κ3) is 4.30. The van der Waals surface area contributed by atoms with Crippen molar-refractivity contribution >= 4 is 29.0 Å². The molecule has 2 aromatic rings. The highest BCUT2D eigenvalue weighted by Crippen LogP contribution is 2.18. The number of carbonyl (C=O) groups excluding carboxylic acids is 1. The Bertz CT molecular complexity index is 686. The molecule has 2 aromatic carbocycles. The number of nitrogens with one attached hydrogen (secondary N) is 1. The van der Waals surface area contributed by atoms with Gasteiger partial charge in [-0.1, -0.05) is 24.3 Å². The minimum absolute atomic E-state index is 0.0888. The lowest BCUT2D eigenvalue weighted by Crippen LogP contribution is -2.23. The molecule has 3 N–H and O–H groups in total. The monoisotopic (exact) mass is 319 g/mol. The number of aliphatic imine (C=N–C) groups is 1. The molecular weight excluding hydrogens is 305 g/mol. The van der Waals surface area contributed by atoms with Crippen molar-refractivity contribution in [2.75, 3.05) is 5.88 Å². The molecule has 6 heteroatoms. The van der Waals surface area contributed by atoms with E-state index in [9.17, 15) is 9.18 Å². The molecule has 0 radical (unpaired) electrons. The standard InChI is InChI=1S/C16H15ClFN3O/c17-9-15(19)21-14-4-2-1-3-13(14)16(22)20-10-11-5-7-12(18)8-6-11/h1-8H,9-10H2,(H2,19,21)(H,20,22). The summed E-state index contributed by atoms with van der Waals surface area (Å²) >= 11 is 5.60. The van der Waals surface area contributed by atoms with Crippen molar-refractivity contribution in [1.29, 1.82) is 0 Å². The number of alkyl halides is 1. The SMILES string of the molecule is NC(CCl)=Nc1ccccc1C(=O)NCc1ccc(F)cc1. The number of hydrogen-bond acceptors (Lipinski definition) is 2. The average molecular weight is 320 g/mol. The molecular formula is C16H15ClFN3O. The van der Waals surface area contributed by atoms with Gasteiger partial charge in [-0.3, -0.25) is 4.79 Å². The topological polar surface area (TPSA) is 67.5 Å². The summed E-state index contributed by atoms with van der Waals surface area (Å²) < 4.78 is 12.8. The third-order valence-corrected chi connectivity index (χ3v) is 3.19. The quantitative estimate of drug-likeness (QED) is 0.505. The zero-order valence-electron chi connectivity index (χ0n) is 11.7. The number of halogens is 2. The van der Waals surface area contributed by atoms with Crippen molar-refractivity contribution in [2.24, 2.45) is 10.7 Å². The van der Waals surface area contributed by atoms with Crippen LogP contribution in [0, 0.1) is 5.82 Å². The Balaban J connectivity index is 2.11. The molecule has 2 rings (SSSR count). The molecule has 0 saturated carbocycles. The molecule has 0 fully saturated rings. The second kappa shape index (κ2) is 7.56. The summed E-state index contributed by atoms with van der Waals surface area (Å²) in [7, 11) is 0. The van der Waals surface area contributed by atoms with Crippen molar-refractivity contribution in [3.05, 3.63) is 65.5 Å². The molecule has 0 unspecified atom stereocenters. The van der Waals surface area contributed by atoms with E-state index in [1.54, 1.807) is 36.4 Å². The zero-order valence-corrected chi connectivity index (χ0v) is 12.5. The predicted octanol–water partition coefficient (Wildman–Crippen LogP) is 2.98. The Morgan fingerprint density at radius 1 is 1.18 bits per heavy atom. The van der Waals surface area contributed by atoms with Crippen LogP contribution in [0.25, 0.3) is 0 Å². The van der Waals surface area contributed by atoms with Gasteiger partial charge in [-0.15, -0.1) is 11.6 Å². The first-order valence-electron chi connectivity index (χ1n) is 6.61. The molecule has 1 amide bonds. The van der Waals surface area contributed by atoms with E-state index in [4.69, 9.17) is 17.3 Å².